The molecule has 1 saturated heterocycles. The second-order valence-corrected chi connectivity index (χ2v) is 7.65. The zero-order valence-electron chi connectivity index (χ0n) is 16.7. The standard InChI is InChI=1S/C22H28N4O2/c1-17-4-3-5-19(14-17)15-25-10-12-26(13-11-25)16-22(28)24-21-8-6-20(7-9-21)23-18(2)27/h3-9,14H,10-13,15-16H2,1-2H3,(H,23,27)(H,24,28)/p+2. The molecule has 0 atom stereocenters. The summed E-state index contributed by atoms with van der Waals surface area (Å²) in [6.45, 7) is 9.34. The summed E-state index contributed by atoms with van der Waals surface area (Å²) < 4.78 is 0. The van der Waals surface area contributed by atoms with Crippen LogP contribution in [0.15, 0.2) is 48.5 Å². The van der Waals surface area contributed by atoms with Crippen LogP contribution in [-0.2, 0) is 16.1 Å². The van der Waals surface area contributed by atoms with Gasteiger partial charge in [-0.25, -0.2) is 0 Å². The van der Waals surface area contributed by atoms with Gasteiger partial charge < -0.3 is 20.4 Å². The van der Waals surface area contributed by atoms with Crippen molar-refractivity contribution in [2.24, 2.45) is 0 Å². The number of benzene rings is 2. The van der Waals surface area contributed by atoms with E-state index < -0.39 is 0 Å². The molecule has 0 aromatic heterocycles. The first-order valence-electron chi connectivity index (χ1n) is 9.88. The van der Waals surface area contributed by atoms with E-state index >= 15 is 0 Å². The molecular weight excluding hydrogens is 352 g/mol. The molecule has 4 N–H and O–H groups in total. The van der Waals surface area contributed by atoms with Gasteiger partial charge in [-0.05, 0) is 31.2 Å². The predicted octanol–water partition coefficient (Wildman–Crippen LogP) is -0.124. The third-order valence-corrected chi connectivity index (χ3v) is 5.10. The van der Waals surface area contributed by atoms with Crippen molar-refractivity contribution in [3.63, 3.8) is 0 Å². The van der Waals surface area contributed by atoms with E-state index in [2.05, 4.69) is 41.8 Å². The average molecular weight is 383 g/mol. The van der Waals surface area contributed by atoms with Gasteiger partial charge in [0.15, 0.2) is 6.54 Å². The van der Waals surface area contributed by atoms with E-state index in [4.69, 9.17) is 0 Å². The van der Waals surface area contributed by atoms with Gasteiger partial charge in [0.1, 0.15) is 32.7 Å². The van der Waals surface area contributed by atoms with Gasteiger partial charge in [-0.2, -0.15) is 0 Å². The van der Waals surface area contributed by atoms with E-state index in [0.29, 0.717) is 6.54 Å². The molecule has 148 valence electrons. The van der Waals surface area contributed by atoms with Crippen molar-refractivity contribution in [3.8, 4) is 0 Å². The molecule has 0 saturated carbocycles. The zero-order valence-corrected chi connectivity index (χ0v) is 16.7. The third-order valence-electron chi connectivity index (χ3n) is 5.10. The molecule has 0 unspecified atom stereocenters. The number of hydrogen-bond donors (Lipinski definition) is 4. The molecule has 0 spiro atoms. The molecule has 0 radical (unpaired) electrons. The molecule has 2 amide bonds. The number of quaternary nitrogens is 2. The van der Waals surface area contributed by atoms with Crippen LogP contribution in [0.5, 0.6) is 0 Å². The number of anilines is 2. The lowest BCUT2D eigenvalue weighted by atomic mass is 10.1. The van der Waals surface area contributed by atoms with Gasteiger partial charge in [-0.15, -0.1) is 0 Å². The van der Waals surface area contributed by atoms with Gasteiger partial charge in [-0.1, -0.05) is 29.8 Å². The number of carbonyl (C=O) groups excluding carboxylic acids is 2. The topological polar surface area (TPSA) is 67.1 Å². The molecule has 1 aliphatic rings. The largest absolute Gasteiger partial charge is 0.326 e. The van der Waals surface area contributed by atoms with Crippen molar-refractivity contribution in [1.82, 2.24) is 0 Å². The lowest BCUT2D eigenvalue weighted by Gasteiger charge is -2.29. The molecule has 2 aromatic carbocycles. The molecule has 28 heavy (non-hydrogen) atoms. The van der Waals surface area contributed by atoms with Crippen LogP contribution in [0.3, 0.4) is 0 Å². The normalized spacial score (nSPS) is 19.1. The Balaban J connectivity index is 1.41. The summed E-state index contributed by atoms with van der Waals surface area (Å²) >= 11 is 0. The van der Waals surface area contributed by atoms with Gasteiger partial charge in [0.05, 0.1) is 0 Å². The highest BCUT2D eigenvalue weighted by Gasteiger charge is 2.24. The minimum Gasteiger partial charge on any atom is -0.326 e. The molecular formula is C22H30N4O2+2. The molecule has 0 aliphatic carbocycles. The molecule has 1 aliphatic heterocycles. The maximum atomic E-state index is 12.3. The minimum atomic E-state index is -0.107. The summed E-state index contributed by atoms with van der Waals surface area (Å²) in [5.74, 6) is -0.0755. The van der Waals surface area contributed by atoms with Crippen LogP contribution in [0, 0.1) is 6.92 Å². The highest BCUT2D eigenvalue weighted by Crippen LogP contribution is 2.13. The number of nitrogens with one attached hydrogen (secondary N) is 4. The first-order chi connectivity index (χ1) is 13.5. The van der Waals surface area contributed by atoms with E-state index in [1.807, 2.05) is 12.1 Å². The van der Waals surface area contributed by atoms with Crippen LogP contribution in [0.1, 0.15) is 18.1 Å². The second-order valence-electron chi connectivity index (χ2n) is 7.65. The molecule has 1 heterocycles. The number of rotatable bonds is 6. The summed E-state index contributed by atoms with van der Waals surface area (Å²) in [4.78, 5) is 26.3. The van der Waals surface area contributed by atoms with Crippen LogP contribution >= 0.6 is 0 Å². The van der Waals surface area contributed by atoms with E-state index in [1.54, 1.807) is 17.0 Å². The first kappa shape index (κ1) is 20.0. The third kappa shape index (κ3) is 6.18. The van der Waals surface area contributed by atoms with Crippen molar-refractivity contribution in [1.29, 1.82) is 0 Å². The number of aryl methyl sites for hydroxylation is 1. The van der Waals surface area contributed by atoms with E-state index in [-0.39, 0.29) is 11.8 Å². The van der Waals surface area contributed by atoms with Crippen molar-refractivity contribution >= 4 is 23.2 Å². The highest BCUT2D eigenvalue weighted by atomic mass is 16.2. The van der Waals surface area contributed by atoms with Crippen molar-refractivity contribution in [3.05, 3.63) is 59.7 Å². The van der Waals surface area contributed by atoms with E-state index in [9.17, 15) is 9.59 Å². The summed E-state index contributed by atoms with van der Waals surface area (Å²) in [5.41, 5.74) is 4.17. The Hall–Kier alpha value is -2.70. The fraction of sp³-hybridized carbons (Fsp3) is 0.364. The summed E-state index contributed by atoms with van der Waals surface area (Å²) in [6.07, 6.45) is 0. The lowest BCUT2D eigenvalue weighted by molar-refractivity contribution is -1.02. The Morgan fingerprint density at radius 2 is 1.50 bits per heavy atom. The summed E-state index contributed by atoms with van der Waals surface area (Å²) in [5, 5.41) is 5.67. The quantitative estimate of drug-likeness (QED) is 0.563. The van der Waals surface area contributed by atoms with E-state index in [0.717, 1.165) is 44.1 Å². The zero-order chi connectivity index (χ0) is 19.9. The molecule has 3 rings (SSSR count). The smallest absolute Gasteiger partial charge is 0.279 e. The Kier molecular flexibility index (Phi) is 6.79. The highest BCUT2D eigenvalue weighted by molar-refractivity contribution is 5.92. The van der Waals surface area contributed by atoms with Gasteiger partial charge in [0, 0.05) is 23.9 Å². The van der Waals surface area contributed by atoms with Crippen molar-refractivity contribution in [2.75, 3.05) is 43.4 Å². The summed E-state index contributed by atoms with van der Waals surface area (Å²) in [7, 11) is 0. The van der Waals surface area contributed by atoms with Gasteiger partial charge in [0.2, 0.25) is 5.91 Å². The molecule has 0 bridgehead atoms. The summed E-state index contributed by atoms with van der Waals surface area (Å²) in [6, 6.07) is 15.9. The number of piperazine rings is 1. The van der Waals surface area contributed by atoms with Crippen LogP contribution in [-0.4, -0.2) is 44.5 Å². The predicted molar refractivity (Wildman–Crippen MR) is 111 cm³/mol. The van der Waals surface area contributed by atoms with Gasteiger partial charge >= 0.3 is 0 Å². The van der Waals surface area contributed by atoms with Crippen LogP contribution in [0.4, 0.5) is 11.4 Å². The lowest BCUT2D eigenvalue weighted by Crippen LogP contribution is -3.28. The molecule has 6 heteroatoms. The minimum absolute atomic E-state index is 0.0319. The fourth-order valence-electron chi connectivity index (χ4n) is 3.69. The fourth-order valence-corrected chi connectivity index (χ4v) is 3.69. The Morgan fingerprint density at radius 1 is 0.893 bits per heavy atom. The van der Waals surface area contributed by atoms with Crippen molar-refractivity contribution in [2.45, 2.75) is 20.4 Å². The number of hydrogen-bond acceptors (Lipinski definition) is 2. The van der Waals surface area contributed by atoms with Gasteiger partial charge in [0.25, 0.3) is 5.91 Å². The molecule has 2 aromatic rings. The Bertz CT molecular complexity index is 812. The van der Waals surface area contributed by atoms with Crippen LogP contribution < -0.4 is 20.4 Å². The maximum Gasteiger partial charge on any atom is 0.279 e. The van der Waals surface area contributed by atoms with E-state index in [1.165, 1.54) is 23.0 Å². The Morgan fingerprint density at radius 3 is 2.11 bits per heavy atom. The number of amides is 2. The Labute approximate surface area is 166 Å². The van der Waals surface area contributed by atoms with Crippen LogP contribution in [0.2, 0.25) is 0 Å². The molecule has 6 nitrogen and oxygen atoms in total. The first-order valence-corrected chi connectivity index (χ1v) is 9.88. The second kappa shape index (κ2) is 9.48. The SMILES string of the molecule is CC(=O)Nc1ccc(NC(=O)C[NH+]2CC[NH+](Cc3cccc(C)c3)CC2)cc1. The number of carbonyl (C=O) groups is 2. The van der Waals surface area contributed by atoms with Crippen molar-refractivity contribution < 1.29 is 19.4 Å². The van der Waals surface area contributed by atoms with Gasteiger partial charge in [-0.3, -0.25) is 9.59 Å². The monoisotopic (exact) mass is 382 g/mol. The van der Waals surface area contributed by atoms with Crippen LogP contribution in [0.25, 0.3) is 0 Å². The maximum absolute atomic E-state index is 12.3. The molecule has 1 fully saturated rings. The average Bonchev–Trinajstić information content (AvgIpc) is 2.64.